The average molecular weight is 230 g/mol. The van der Waals surface area contributed by atoms with Crippen LogP contribution in [-0.2, 0) is 6.54 Å². The Labute approximate surface area is 102 Å². The number of anilines is 1. The highest BCUT2D eigenvalue weighted by molar-refractivity contribution is 5.27. The summed E-state index contributed by atoms with van der Waals surface area (Å²) in [4.78, 5) is 8.34. The third-order valence-corrected chi connectivity index (χ3v) is 2.63. The van der Waals surface area contributed by atoms with Gasteiger partial charge >= 0.3 is 0 Å². The molecular formula is C13H18N4. The van der Waals surface area contributed by atoms with Gasteiger partial charge in [-0.25, -0.2) is 4.98 Å². The molecule has 2 aromatic rings. The van der Waals surface area contributed by atoms with Crippen LogP contribution in [0.5, 0.6) is 0 Å². The molecule has 0 aliphatic rings. The average Bonchev–Trinajstić information content (AvgIpc) is 2.79. The van der Waals surface area contributed by atoms with Gasteiger partial charge in [0.2, 0.25) is 5.95 Å². The summed E-state index contributed by atoms with van der Waals surface area (Å²) in [6.45, 7) is 3.99. The van der Waals surface area contributed by atoms with Gasteiger partial charge in [-0.05, 0) is 24.1 Å². The van der Waals surface area contributed by atoms with Gasteiger partial charge in [0.25, 0.3) is 0 Å². The largest absolute Gasteiger partial charge is 0.356 e. The zero-order valence-corrected chi connectivity index (χ0v) is 10.1. The predicted octanol–water partition coefficient (Wildman–Crippen LogP) is 2.54. The van der Waals surface area contributed by atoms with Crippen molar-refractivity contribution in [1.82, 2.24) is 14.5 Å². The van der Waals surface area contributed by atoms with Crippen LogP contribution in [0.2, 0.25) is 0 Å². The molecule has 2 rings (SSSR count). The Bertz CT molecular complexity index is 436. The summed E-state index contributed by atoms with van der Waals surface area (Å²) in [6.07, 6.45) is 9.82. The van der Waals surface area contributed by atoms with Crippen LogP contribution < -0.4 is 5.32 Å². The first-order valence-corrected chi connectivity index (χ1v) is 6.04. The van der Waals surface area contributed by atoms with Gasteiger partial charge in [-0.15, -0.1) is 0 Å². The van der Waals surface area contributed by atoms with Crippen molar-refractivity contribution < 1.29 is 0 Å². The zero-order chi connectivity index (χ0) is 11.9. The Balaban J connectivity index is 1.99. The minimum Gasteiger partial charge on any atom is -0.356 e. The molecule has 90 valence electrons. The van der Waals surface area contributed by atoms with E-state index in [0.29, 0.717) is 0 Å². The number of aromatic nitrogens is 3. The van der Waals surface area contributed by atoms with E-state index >= 15 is 0 Å². The van der Waals surface area contributed by atoms with Crippen LogP contribution in [0, 0.1) is 0 Å². The molecule has 0 atom stereocenters. The van der Waals surface area contributed by atoms with Gasteiger partial charge in [-0.3, -0.25) is 4.98 Å². The Morgan fingerprint density at radius 2 is 2.06 bits per heavy atom. The Kier molecular flexibility index (Phi) is 4.13. The molecule has 0 saturated heterocycles. The molecule has 0 aliphatic carbocycles. The molecule has 4 heteroatoms. The molecule has 0 spiro atoms. The van der Waals surface area contributed by atoms with Gasteiger partial charge in [0, 0.05) is 31.3 Å². The normalized spacial score (nSPS) is 10.4. The van der Waals surface area contributed by atoms with Crippen LogP contribution in [0.4, 0.5) is 5.95 Å². The van der Waals surface area contributed by atoms with Gasteiger partial charge in [-0.1, -0.05) is 13.3 Å². The first-order chi connectivity index (χ1) is 8.40. The summed E-state index contributed by atoms with van der Waals surface area (Å²) in [7, 11) is 0. The fraction of sp³-hybridized carbons (Fsp3) is 0.385. The SMILES string of the molecule is CCCCNc1nccn1Cc1ccncc1. The van der Waals surface area contributed by atoms with E-state index in [9.17, 15) is 0 Å². The molecule has 0 aromatic carbocycles. The van der Waals surface area contributed by atoms with Crippen LogP contribution in [0.1, 0.15) is 25.3 Å². The summed E-state index contributed by atoms with van der Waals surface area (Å²) < 4.78 is 2.12. The number of nitrogens with zero attached hydrogens (tertiary/aromatic N) is 3. The molecule has 4 nitrogen and oxygen atoms in total. The predicted molar refractivity (Wildman–Crippen MR) is 69.0 cm³/mol. The highest BCUT2D eigenvalue weighted by atomic mass is 15.2. The lowest BCUT2D eigenvalue weighted by atomic mass is 10.3. The van der Waals surface area contributed by atoms with Gasteiger partial charge in [0.1, 0.15) is 0 Å². The fourth-order valence-electron chi connectivity index (χ4n) is 1.67. The number of hydrogen-bond acceptors (Lipinski definition) is 3. The van der Waals surface area contributed by atoms with Crippen molar-refractivity contribution in [2.24, 2.45) is 0 Å². The molecule has 1 N–H and O–H groups in total. The maximum absolute atomic E-state index is 4.32. The molecule has 2 aromatic heterocycles. The quantitative estimate of drug-likeness (QED) is 0.775. The zero-order valence-electron chi connectivity index (χ0n) is 10.1. The second-order valence-electron chi connectivity index (χ2n) is 4.01. The monoisotopic (exact) mass is 230 g/mol. The van der Waals surface area contributed by atoms with E-state index in [4.69, 9.17) is 0 Å². The number of pyridine rings is 1. The maximum Gasteiger partial charge on any atom is 0.203 e. The van der Waals surface area contributed by atoms with E-state index in [0.717, 1.165) is 19.0 Å². The number of rotatable bonds is 6. The highest BCUT2D eigenvalue weighted by Gasteiger charge is 2.02. The number of nitrogens with one attached hydrogen (secondary N) is 1. The van der Waals surface area contributed by atoms with E-state index in [-0.39, 0.29) is 0 Å². The standard InChI is InChI=1S/C13H18N4/c1-2-3-6-15-13-16-9-10-17(13)11-12-4-7-14-8-5-12/h4-5,7-10H,2-3,6,11H2,1H3,(H,15,16). The third kappa shape index (κ3) is 3.31. The Morgan fingerprint density at radius 1 is 1.24 bits per heavy atom. The molecule has 0 unspecified atom stereocenters. The smallest absolute Gasteiger partial charge is 0.203 e. The summed E-state index contributed by atoms with van der Waals surface area (Å²) in [5.41, 5.74) is 1.23. The van der Waals surface area contributed by atoms with E-state index in [2.05, 4.69) is 26.8 Å². The summed E-state index contributed by atoms with van der Waals surface area (Å²) in [5.74, 6) is 0.940. The molecule has 0 amide bonds. The molecular weight excluding hydrogens is 212 g/mol. The van der Waals surface area contributed by atoms with Crippen LogP contribution in [0.15, 0.2) is 36.9 Å². The fourth-order valence-corrected chi connectivity index (χ4v) is 1.67. The van der Waals surface area contributed by atoms with Crippen LogP contribution in [-0.4, -0.2) is 21.1 Å². The molecule has 2 heterocycles. The number of unbranched alkanes of at least 4 members (excludes halogenated alkanes) is 1. The van der Waals surface area contributed by atoms with Gasteiger partial charge in [0.05, 0.1) is 6.54 Å². The summed E-state index contributed by atoms with van der Waals surface area (Å²) in [5, 5.41) is 3.35. The Morgan fingerprint density at radius 3 is 2.82 bits per heavy atom. The van der Waals surface area contributed by atoms with E-state index in [1.807, 2.05) is 36.9 Å². The molecule has 0 aliphatic heterocycles. The topological polar surface area (TPSA) is 42.7 Å². The van der Waals surface area contributed by atoms with Crippen LogP contribution in [0.3, 0.4) is 0 Å². The van der Waals surface area contributed by atoms with Crippen molar-refractivity contribution >= 4 is 5.95 Å². The van der Waals surface area contributed by atoms with Crippen molar-refractivity contribution in [3.63, 3.8) is 0 Å². The van der Waals surface area contributed by atoms with Gasteiger partial charge in [0.15, 0.2) is 0 Å². The van der Waals surface area contributed by atoms with Crippen molar-refractivity contribution in [3.05, 3.63) is 42.5 Å². The highest BCUT2D eigenvalue weighted by Crippen LogP contribution is 2.08. The minimum absolute atomic E-state index is 0.830. The maximum atomic E-state index is 4.32. The molecule has 0 radical (unpaired) electrons. The first-order valence-electron chi connectivity index (χ1n) is 6.04. The van der Waals surface area contributed by atoms with Crippen molar-refractivity contribution in [2.75, 3.05) is 11.9 Å². The van der Waals surface area contributed by atoms with Crippen molar-refractivity contribution in [1.29, 1.82) is 0 Å². The van der Waals surface area contributed by atoms with E-state index in [1.54, 1.807) is 0 Å². The molecule has 17 heavy (non-hydrogen) atoms. The van der Waals surface area contributed by atoms with Crippen molar-refractivity contribution in [3.8, 4) is 0 Å². The first kappa shape index (κ1) is 11.6. The second-order valence-corrected chi connectivity index (χ2v) is 4.01. The lowest BCUT2D eigenvalue weighted by Gasteiger charge is -2.09. The molecule has 0 bridgehead atoms. The minimum atomic E-state index is 0.830. The lowest BCUT2D eigenvalue weighted by Crippen LogP contribution is -2.09. The van der Waals surface area contributed by atoms with Gasteiger partial charge in [-0.2, -0.15) is 0 Å². The van der Waals surface area contributed by atoms with Gasteiger partial charge < -0.3 is 9.88 Å². The summed E-state index contributed by atoms with van der Waals surface area (Å²) in [6, 6.07) is 4.05. The number of hydrogen-bond donors (Lipinski definition) is 1. The van der Waals surface area contributed by atoms with Crippen LogP contribution >= 0.6 is 0 Å². The molecule has 0 saturated carbocycles. The lowest BCUT2D eigenvalue weighted by molar-refractivity contribution is 0.774. The second kappa shape index (κ2) is 6.03. The van der Waals surface area contributed by atoms with E-state index in [1.165, 1.54) is 18.4 Å². The van der Waals surface area contributed by atoms with Crippen LogP contribution in [0.25, 0.3) is 0 Å². The third-order valence-electron chi connectivity index (χ3n) is 2.63. The Hall–Kier alpha value is -1.84. The van der Waals surface area contributed by atoms with Crippen molar-refractivity contribution in [2.45, 2.75) is 26.3 Å². The summed E-state index contributed by atoms with van der Waals surface area (Å²) >= 11 is 0. The van der Waals surface area contributed by atoms with E-state index < -0.39 is 0 Å². The molecule has 0 fully saturated rings. The number of imidazole rings is 1.